The highest BCUT2D eigenvalue weighted by molar-refractivity contribution is 6.01. The van der Waals surface area contributed by atoms with E-state index in [0.29, 0.717) is 29.8 Å². The van der Waals surface area contributed by atoms with Crippen LogP contribution in [0, 0.1) is 20.8 Å². The van der Waals surface area contributed by atoms with Crippen molar-refractivity contribution in [1.29, 1.82) is 0 Å². The van der Waals surface area contributed by atoms with E-state index in [-0.39, 0.29) is 12.4 Å². The largest absolute Gasteiger partial charge is 0.454 e. The molecule has 0 radical (unpaired) electrons. The van der Waals surface area contributed by atoms with Crippen molar-refractivity contribution in [2.45, 2.75) is 27.3 Å². The number of para-hydroxylation sites is 1. The van der Waals surface area contributed by atoms with E-state index in [4.69, 9.17) is 9.47 Å². The maximum atomic E-state index is 12.7. The fourth-order valence-electron chi connectivity index (χ4n) is 4.13. The molecule has 0 unspecified atom stereocenters. The second-order valence-corrected chi connectivity index (χ2v) is 7.96. The molecule has 0 aliphatic carbocycles. The number of imidazole rings is 1. The predicted octanol–water partition coefficient (Wildman–Crippen LogP) is 4.44. The SMILES string of the molecule is COCCn1c(C)cc(C(=O)COC(=O)c2ccc3c(c2)nc(C)n3-c2ccccc2)c1C. The van der Waals surface area contributed by atoms with Gasteiger partial charge in [0.1, 0.15) is 5.82 Å². The Morgan fingerprint density at radius 1 is 1.00 bits per heavy atom. The lowest BCUT2D eigenvalue weighted by Crippen LogP contribution is -2.15. The molecule has 0 fully saturated rings. The molecular formula is C26H27N3O4. The van der Waals surface area contributed by atoms with Gasteiger partial charge >= 0.3 is 5.97 Å². The van der Waals surface area contributed by atoms with Gasteiger partial charge < -0.3 is 14.0 Å². The molecule has 33 heavy (non-hydrogen) atoms. The molecule has 0 N–H and O–H groups in total. The first kappa shape index (κ1) is 22.5. The van der Waals surface area contributed by atoms with Gasteiger partial charge in [0.25, 0.3) is 0 Å². The lowest BCUT2D eigenvalue weighted by Gasteiger charge is -2.09. The van der Waals surface area contributed by atoms with Crippen molar-refractivity contribution >= 4 is 22.8 Å². The van der Waals surface area contributed by atoms with Crippen molar-refractivity contribution in [3.05, 3.63) is 82.9 Å². The lowest BCUT2D eigenvalue weighted by atomic mass is 10.1. The second-order valence-electron chi connectivity index (χ2n) is 7.96. The summed E-state index contributed by atoms with van der Waals surface area (Å²) in [6, 6.07) is 17.0. The molecule has 0 aliphatic rings. The zero-order chi connectivity index (χ0) is 23.5. The number of rotatable bonds is 8. The number of hydrogen-bond donors (Lipinski definition) is 0. The van der Waals surface area contributed by atoms with E-state index in [0.717, 1.165) is 28.4 Å². The summed E-state index contributed by atoms with van der Waals surface area (Å²) in [5, 5.41) is 0. The molecule has 4 rings (SSSR count). The minimum absolute atomic E-state index is 0.231. The Morgan fingerprint density at radius 3 is 2.48 bits per heavy atom. The zero-order valence-corrected chi connectivity index (χ0v) is 19.3. The molecule has 2 aromatic heterocycles. The normalized spacial score (nSPS) is 11.2. The van der Waals surface area contributed by atoms with E-state index < -0.39 is 5.97 Å². The minimum atomic E-state index is -0.551. The first-order valence-electron chi connectivity index (χ1n) is 10.8. The van der Waals surface area contributed by atoms with Gasteiger partial charge in [0.2, 0.25) is 5.78 Å². The molecule has 0 amide bonds. The molecule has 7 nitrogen and oxygen atoms in total. The van der Waals surface area contributed by atoms with Gasteiger partial charge in [0, 0.05) is 36.3 Å². The number of methoxy groups -OCH3 is 1. The number of aromatic nitrogens is 3. The minimum Gasteiger partial charge on any atom is -0.454 e. The molecule has 0 saturated heterocycles. The van der Waals surface area contributed by atoms with Crippen LogP contribution in [0.4, 0.5) is 0 Å². The van der Waals surface area contributed by atoms with Crippen LogP contribution in [0.3, 0.4) is 0 Å². The topological polar surface area (TPSA) is 75.3 Å². The van der Waals surface area contributed by atoms with Gasteiger partial charge in [0.15, 0.2) is 6.61 Å². The van der Waals surface area contributed by atoms with Crippen LogP contribution in [0.2, 0.25) is 0 Å². The highest BCUT2D eigenvalue weighted by Crippen LogP contribution is 2.23. The van der Waals surface area contributed by atoms with Crippen LogP contribution in [0.25, 0.3) is 16.7 Å². The van der Waals surface area contributed by atoms with E-state index in [1.165, 1.54) is 0 Å². The average Bonchev–Trinajstić information content (AvgIpc) is 3.30. The van der Waals surface area contributed by atoms with Crippen molar-refractivity contribution in [3.8, 4) is 5.69 Å². The number of Topliss-reactive ketones (excluding diaryl/α,β-unsaturated/α-hetero) is 1. The molecule has 0 atom stereocenters. The van der Waals surface area contributed by atoms with Gasteiger partial charge in [-0.15, -0.1) is 0 Å². The first-order chi connectivity index (χ1) is 15.9. The molecule has 0 saturated carbocycles. The van der Waals surface area contributed by atoms with Gasteiger partial charge in [-0.25, -0.2) is 9.78 Å². The number of ether oxygens (including phenoxy) is 2. The third-order valence-corrected chi connectivity index (χ3v) is 5.80. The van der Waals surface area contributed by atoms with Gasteiger partial charge in [0.05, 0.1) is 23.2 Å². The number of carbonyl (C=O) groups excluding carboxylic acids is 2. The quantitative estimate of drug-likeness (QED) is 0.296. The number of nitrogens with zero attached hydrogens (tertiary/aromatic N) is 3. The maximum Gasteiger partial charge on any atom is 0.338 e. The van der Waals surface area contributed by atoms with Crippen LogP contribution >= 0.6 is 0 Å². The summed E-state index contributed by atoms with van der Waals surface area (Å²) in [5.41, 5.74) is 5.32. The molecule has 2 heterocycles. The molecule has 7 heteroatoms. The fraction of sp³-hybridized carbons (Fsp3) is 0.269. The lowest BCUT2D eigenvalue weighted by molar-refractivity contribution is 0.0474. The van der Waals surface area contributed by atoms with Gasteiger partial charge in [-0.1, -0.05) is 18.2 Å². The molecule has 170 valence electrons. The predicted molar refractivity (Wildman–Crippen MR) is 126 cm³/mol. The average molecular weight is 446 g/mol. The van der Waals surface area contributed by atoms with E-state index in [9.17, 15) is 9.59 Å². The summed E-state index contributed by atoms with van der Waals surface area (Å²) in [4.78, 5) is 30.0. The Balaban J connectivity index is 1.49. The molecule has 0 bridgehead atoms. The summed E-state index contributed by atoms with van der Waals surface area (Å²) in [6.07, 6.45) is 0. The maximum absolute atomic E-state index is 12.7. The third kappa shape index (κ3) is 4.45. The molecular weight excluding hydrogens is 418 g/mol. The third-order valence-electron chi connectivity index (χ3n) is 5.80. The van der Waals surface area contributed by atoms with Crippen molar-refractivity contribution < 1.29 is 19.1 Å². The van der Waals surface area contributed by atoms with Gasteiger partial charge in [-0.05, 0) is 57.2 Å². The monoisotopic (exact) mass is 445 g/mol. The molecule has 0 aliphatic heterocycles. The zero-order valence-electron chi connectivity index (χ0n) is 19.3. The summed E-state index contributed by atoms with van der Waals surface area (Å²) < 4.78 is 14.5. The Morgan fingerprint density at radius 2 is 1.76 bits per heavy atom. The second kappa shape index (κ2) is 9.42. The van der Waals surface area contributed by atoms with Crippen LogP contribution in [0.15, 0.2) is 54.6 Å². The van der Waals surface area contributed by atoms with Crippen molar-refractivity contribution in [2.75, 3.05) is 20.3 Å². The number of aryl methyl sites for hydroxylation is 2. The molecule has 2 aromatic carbocycles. The summed E-state index contributed by atoms with van der Waals surface area (Å²) in [7, 11) is 1.64. The fourth-order valence-corrected chi connectivity index (χ4v) is 4.13. The Kier molecular flexibility index (Phi) is 6.42. The van der Waals surface area contributed by atoms with E-state index >= 15 is 0 Å². The van der Waals surface area contributed by atoms with Crippen LogP contribution < -0.4 is 0 Å². The Bertz CT molecular complexity index is 1320. The van der Waals surface area contributed by atoms with Crippen LogP contribution in [-0.4, -0.2) is 46.2 Å². The van der Waals surface area contributed by atoms with Gasteiger partial charge in [-0.2, -0.15) is 0 Å². The van der Waals surface area contributed by atoms with E-state index in [1.54, 1.807) is 19.2 Å². The van der Waals surface area contributed by atoms with Crippen LogP contribution in [-0.2, 0) is 16.0 Å². The molecule has 4 aromatic rings. The Labute approximate surface area is 192 Å². The summed E-state index contributed by atoms with van der Waals surface area (Å²) in [5.74, 6) is 0.0384. The van der Waals surface area contributed by atoms with Crippen LogP contribution in [0.1, 0.15) is 37.9 Å². The number of benzene rings is 2. The van der Waals surface area contributed by atoms with Crippen molar-refractivity contribution in [3.63, 3.8) is 0 Å². The first-order valence-corrected chi connectivity index (χ1v) is 10.8. The smallest absolute Gasteiger partial charge is 0.338 e. The summed E-state index contributed by atoms with van der Waals surface area (Å²) >= 11 is 0. The highest BCUT2D eigenvalue weighted by Gasteiger charge is 2.19. The number of hydrogen-bond acceptors (Lipinski definition) is 5. The molecule has 0 spiro atoms. The van der Waals surface area contributed by atoms with Crippen molar-refractivity contribution in [1.82, 2.24) is 14.1 Å². The number of fused-ring (bicyclic) bond motifs is 1. The van der Waals surface area contributed by atoms with E-state index in [1.807, 2.05) is 72.4 Å². The standard InChI is InChI=1S/C26H27N3O4/c1-17-14-22(18(2)28(17)12-13-32-4)25(30)16-33-26(31)20-10-11-24-23(15-20)27-19(3)29(24)21-8-6-5-7-9-21/h5-11,14-15H,12-13,16H2,1-4H3. The number of carbonyl (C=O) groups is 2. The van der Waals surface area contributed by atoms with Crippen molar-refractivity contribution in [2.24, 2.45) is 0 Å². The van der Waals surface area contributed by atoms with Crippen LogP contribution in [0.5, 0.6) is 0 Å². The van der Waals surface area contributed by atoms with E-state index in [2.05, 4.69) is 4.98 Å². The van der Waals surface area contributed by atoms with Gasteiger partial charge in [-0.3, -0.25) is 9.36 Å². The Hall–Kier alpha value is -3.71. The summed E-state index contributed by atoms with van der Waals surface area (Å²) in [6.45, 7) is 6.65. The number of esters is 1. The number of ketones is 1. The highest BCUT2D eigenvalue weighted by atomic mass is 16.5.